The van der Waals surface area contributed by atoms with Crippen molar-refractivity contribution in [3.63, 3.8) is 0 Å². The third kappa shape index (κ3) is 3.42. The van der Waals surface area contributed by atoms with E-state index in [-0.39, 0.29) is 5.75 Å². The number of ether oxygens (including phenoxy) is 1. The molecular formula is C15H15ClN2O2. The number of aromatic hydroxyl groups is 1. The van der Waals surface area contributed by atoms with E-state index in [4.69, 9.17) is 16.3 Å². The number of anilines is 1. The van der Waals surface area contributed by atoms with Crippen molar-refractivity contribution in [3.05, 3.63) is 52.5 Å². The number of halogens is 1. The Bertz CT molecular complexity index is 642. The summed E-state index contributed by atoms with van der Waals surface area (Å²) in [4.78, 5) is 0. The number of phenolic OH excluding ortho intramolecular Hbond substituents is 1. The van der Waals surface area contributed by atoms with Gasteiger partial charge in [0.15, 0.2) is 0 Å². The molecule has 0 heterocycles. The van der Waals surface area contributed by atoms with E-state index in [1.54, 1.807) is 31.4 Å². The van der Waals surface area contributed by atoms with Gasteiger partial charge in [-0.3, -0.25) is 5.43 Å². The highest BCUT2D eigenvalue weighted by molar-refractivity contribution is 6.31. The molecule has 0 fully saturated rings. The number of hydrogen-bond donors (Lipinski definition) is 2. The van der Waals surface area contributed by atoms with Gasteiger partial charge in [-0.25, -0.2) is 0 Å². The lowest BCUT2D eigenvalue weighted by Crippen LogP contribution is -1.92. The number of nitrogens with one attached hydrogen (secondary N) is 1. The Hall–Kier alpha value is -2.20. The lowest BCUT2D eigenvalue weighted by molar-refractivity contribution is 0.412. The van der Waals surface area contributed by atoms with Crippen LogP contribution < -0.4 is 10.2 Å². The fourth-order valence-corrected chi connectivity index (χ4v) is 1.78. The van der Waals surface area contributed by atoms with Gasteiger partial charge in [0.1, 0.15) is 11.5 Å². The molecule has 0 saturated carbocycles. The maximum atomic E-state index is 9.71. The zero-order valence-electron chi connectivity index (χ0n) is 11.2. The Morgan fingerprint density at radius 2 is 2.05 bits per heavy atom. The van der Waals surface area contributed by atoms with Crippen LogP contribution in [0.5, 0.6) is 11.5 Å². The molecule has 2 rings (SSSR count). The predicted octanol–water partition coefficient (Wildman–Crippen LogP) is 3.81. The Morgan fingerprint density at radius 1 is 1.25 bits per heavy atom. The van der Waals surface area contributed by atoms with Gasteiger partial charge in [0, 0.05) is 10.6 Å². The number of aryl methyl sites for hydroxylation is 1. The van der Waals surface area contributed by atoms with E-state index in [1.807, 2.05) is 19.1 Å². The van der Waals surface area contributed by atoms with Crippen LogP contribution in [0.1, 0.15) is 11.1 Å². The fourth-order valence-electron chi connectivity index (χ4n) is 1.60. The molecule has 4 nitrogen and oxygen atoms in total. The summed E-state index contributed by atoms with van der Waals surface area (Å²) in [5.74, 6) is 0.793. The highest BCUT2D eigenvalue weighted by Gasteiger charge is 2.00. The first kappa shape index (κ1) is 14.2. The lowest BCUT2D eigenvalue weighted by Gasteiger charge is -2.04. The third-order valence-electron chi connectivity index (χ3n) is 2.80. The van der Waals surface area contributed by atoms with Crippen LogP contribution in [-0.2, 0) is 0 Å². The van der Waals surface area contributed by atoms with Crippen molar-refractivity contribution in [2.24, 2.45) is 5.10 Å². The summed E-state index contributed by atoms with van der Waals surface area (Å²) in [6.07, 6.45) is 1.52. The van der Waals surface area contributed by atoms with Crippen LogP contribution >= 0.6 is 11.6 Å². The Morgan fingerprint density at radius 3 is 2.75 bits per heavy atom. The summed E-state index contributed by atoms with van der Waals surface area (Å²) in [7, 11) is 1.57. The minimum Gasteiger partial charge on any atom is -0.507 e. The quantitative estimate of drug-likeness (QED) is 0.665. The van der Waals surface area contributed by atoms with Crippen LogP contribution in [0, 0.1) is 6.92 Å². The maximum Gasteiger partial charge on any atom is 0.124 e. The highest BCUT2D eigenvalue weighted by Crippen LogP contribution is 2.22. The minimum atomic E-state index is 0.137. The Balaban J connectivity index is 2.11. The number of benzene rings is 2. The first-order valence-corrected chi connectivity index (χ1v) is 6.40. The molecule has 2 N–H and O–H groups in total. The summed E-state index contributed by atoms with van der Waals surface area (Å²) < 4.78 is 5.09. The number of phenols is 1. The van der Waals surface area contributed by atoms with Crippen LogP contribution in [0.2, 0.25) is 5.02 Å². The molecule has 0 radical (unpaired) electrons. The molecule has 2 aromatic rings. The van der Waals surface area contributed by atoms with Crippen molar-refractivity contribution in [1.29, 1.82) is 0 Å². The fraction of sp³-hybridized carbons (Fsp3) is 0.133. The third-order valence-corrected chi connectivity index (χ3v) is 3.21. The van der Waals surface area contributed by atoms with Gasteiger partial charge >= 0.3 is 0 Å². The molecule has 2 aromatic carbocycles. The SMILES string of the molecule is COc1ccc(O)c(C=NNc2ccc(C)c(Cl)c2)c1. The van der Waals surface area contributed by atoms with Crippen LogP contribution in [0.3, 0.4) is 0 Å². The normalized spacial score (nSPS) is 10.8. The molecule has 0 saturated heterocycles. The summed E-state index contributed by atoms with van der Waals surface area (Å²) in [5, 5.41) is 14.5. The second kappa shape index (κ2) is 6.30. The minimum absolute atomic E-state index is 0.137. The van der Waals surface area contributed by atoms with Crippen molar-refractivity contribution < 1.29 is 9.84 Å². The average molecular weight is 291 g/mol. The molecule has 20 heavy (non-hydrogen) atoms. The monoisotopic (exact) mass is 290 g/mol. The van der Waals surface area contributed by atoms with Gasteiger partial charge in [-0.2, -0.15) is 5.10 Å². The number of nitrogens with zero attached hydrogens (tertiary/aromatic N) is 1. The highest BCUT2D eigenvalue weighted by atomic mass is 35.5. The summed E-state index contributed by atoms with van der Waals surface area (Å²) in [6, 6.07) is 10.5. The van der Waals surface area contributed by atoms with Gasteiger partial charge in [0.2, 0.25) is 0 Å². The van der Waals surface area contributed by atoms with E-state index in [2.05, 4.69) is 10.5 Å². The van der Waals surface area contributed by atoms with Gasteiger partial charge in [0.25, 0.3) is 0 Å². The first-order valence-electron chi connectivity index (χ1n) is 6.02. The number of rotatable bonds is 4. The lowest BCUT2D eigenvalue weighted by atomic mass is 10.2. The van der Waals surface area contributed by atoms with Gasteiger partial charge in [0.05, 0.1) is 19.0 Å². The number of methoxy groups -OCH3 is 1. The molecule has 104 valence electrons. The van der Waals surface area contributed by atoms with Crippen LogP contribution in [-0.4, -0.2) is 18.4 Å². The smallest absolute Gasteiger partial charge is 0.124 e. The Kier molecular flexibility index (Phi) is 4.48. The molecule has 0 amide bonds. The van der Waals surface area contributed by atoms with Crippen molar-refractivity contribution >= 4 is 23.5 Å². The van der Waals surface area contributed by atoms with E-state index in [0.717, 1.165) is 11.3 Å². The topological polar surface area (TPSA) is 53.9 Å². The van der Waals surface area contributed by atoms with E-state index in [1.165, 1.54) is 6.21 Å². The number of hydrogen-bond acceptors (Lipinski definition) is 4. The van der Waals surface area contributed by atoms with Gasteiger partial charge < -0.3 is 9.84 Å². The Labute approximate surface area is 122 Å². The second-order valence-corrected chi connectivity index (χ2v) is 4.67. The average Bonchev–Trinajstić information content (AvgIpc) is 2.45. The van der Waals surface area contributed by atoms with E-state index in [0.29, 0.717) is 16.3 Å². The number of hydrazone groups is 1. The van der Waals surface area contributed by atoms with E-state index < -0.39 is 0 Å². The molecule has 0 bridgehead atoms. The largest absolute Gasteiger partial charge is 0.507 e. The maximum absolute atomic E-state index is 9.71. The summed E-state index contributed by atoms with van der Waals surface area (Å²) in [5.41, 5.74) is 5.21. The molecule has 5 heteroatoms. The van der Waals surface area contributed by atoms with Crippen LogP contribution in [0.4, 0.5) is 5.69 Å². The van der Waals surface area contributed by atoms with Crippen molar-refractivity contribution in [2.45, 2.75) is 6.92 Å². The molecule has 0 atom stereocenters. The van der Waals surface area contributed by atoms with E-state index in [9.17, 15) is 5.11 Å². The zero-order valence-corrected chi connectivity index (χ0v) is 12.0. The van der Waals surface area contributed by atoms with Crippen molar-refractivity contribution in [2.75, 3.05) is 12.5 Å². The molecule has 0 spiro atoms. The van der Waals surface area contributed by atoms with E-state index >= 15 is 0 Å². The molecule has 0 aliphatic heterocycles. The van der Waals surface area contributed by atoms with Crippen molar-refractivity contribution in [3.8, 4) is 11.5 Å². The molecule has 0 aliphatic rings. The zero-order chi connectivity index (χ0) is 14.5. The first-order chi connectivity index (χ1) is 9.60. The predicted molar refractivity (Wildman–Crippen MR) is 82.1 cm³/mol. The molecule has 0 aromatic heterocycles. The van der Waals surface area contributed by atoms with Gasteiger partial charge in [-0.05, 0) is 42.8 Å². The van der Waals surface area contributed by atoms with Gasteiger partial charge in [-0.15, -0.1) is 0 Å². The van der Waals surface area contributed by atoms with Crippen LogP contribution in [0.15, 0.2) is 41.5 Å². The standard InChI is InChI=1S/C15H15ClN2O2/c1-10-3-4-12(8-14(10)16)18-17-9-11-7-13(20-2)5-6-15(11)19/h3-9,18-19H,1-2H3. The molecule has 0 unspecified atom stereocenters. The molecule has 0 aliphatic carbocycles. The summed E-state index contributed by atoms with van der Waals surface area (Å²) >= 11 is 6.03. The van der Waals surface area contributed by atoms with Crippen LogP contribution in [0.25, 0.3) is 0 Å². The molecular weight excluding hydrogens is 276 g/mol. The van der Waals surface area contributed by atoms with Crippen molar-refractivity contribution in [1.82, 2.24) is 0 Å². The second-order valence-electron chi connectivity index (χ2n) is 4.26. The van der Waals surface area contributed by atoms with Gasteiger partial charge in [-0.1, -0.05) is 17.7 Å². The summed E-state index contributed by atoms with van der Waals surface area (Å²) in [6.45, 7) is 1.93.